The molecule has 1 aromatic rings. The zero-order chi connectivity index (χ0) is 19.6. The highest BCUT2D eigenvalue weighted by molar-refractivity contribution is 5.95. The second-order valence-electron chi connectivity index (χ2n) is 4.51. The monoisotopic (exact) mass is 366 g/mol. The van der Waals surface area contributed by atoms with Crippen LogP contribution in [0.15, 0.2) is 18.5 Å². The number of carboxylic acid groups (broad SMARTS) is 2. The van der Waals surface area contributed by atoms with Crippen molar-refractivity contribution in [1.29, 1.82) is 0 Å². The lowest BCUT2D eigenvalue weighted by Gasteiger charge is -2.00. The topological polar surface area (TPSA) is 138 Å². The molecule has 0 radical (unpaired) electrons. The number of aryl methyl sites for hydroxylation is 1. The minimum atomic E-state index is -5.08. The first-order chi connectivity index (χ1) is 11.4. The lowest BCUT2D eigenvalue weighted by molar-refractivity contribution is -0.753. The molecule has 0 aliphatic heterocycles. The summed E-state index contributed by atoms with van der Waals surface area (Å²) in [5, 5.41) is 22.0. The van der Waals surface area contributed by atoms with Gasteiger partial charge in [0.25, 0.3) is 5.91 Å². The Morgan fingerprint density at radius 3 is 2.16 bits per heavy atom. The molecule has 138 valence electrons. The molecule has 0 spiro atoms. The normalized spacial score (nSPS) is 10.2. The van der Waals surface area contributed by atoms with E-state index in [0.29, 0.717) is 5.56 Å². The number of ketones is 1. The summed E-state index contributed by atoms with van der Waals surface area (Å²) in [6.45, 7) is 1.60. The van der Waals surface area contributed by atoms with Crippen LogP contribution in [0, 0.1) is 0 Å². The molecule has 0 aliphatic rings. The maximum absolute atomic E-state index is 11.5. The van der Waals surface area contributed by atoms with Gasteiger partial charge in [0.05, 0.1) is 12.1 Å². The van der Waals surface area contributed by atoms with E-state index in [1.54, 1.807) is 0 Å². The van der Waals surface area contributed by atoms with Gasteiger partial charge in [-0.1, -0.05) is 4.68 Å². The predicted octanol–water partition coefficient (Wildman–Crippen LogP) is -0.204. The van der Waals surface area contributed by atoms with Gasteiger partial charge in [0.1, 0.15) is 18.4 Å². The van der Waals surface area contributed by atoms with Crippen molar-refractivity contribution in [3.63, 3.8) is 0 Å². The van der Waals surface area contributed by atoms with E-state index in [-0.39, 0.29) is 31.2 Å². The second kappa shape index (κ2) is 9.95. The summed E-state index contributed by atoms with van der Waals surface area (Å²) in [5.41, 5.74) is 0.322. The largest absolute Gasteiger partial charge is 0.490 e. The molecule has 0 fully saturated rings. The Kier molecular flexibility index (Phi) is 8.74. The maximum atomic E-state index is 11.5. The van der Waals surface area contributed by atoms with E-state index in [1.807, 2.05) is 0 Å². The standard InChI is InChI=1S/C11H13N3O4.C2HF3O2/c1-8(15)6-12-11(18)9-2-4-14(13-7-9)5-3-10(16)17;3-2(4,5)1(6)7/h2,4,7H,3,5-6H2,1H3,(H-,12,16,17,18);(H,6,7)/p+1. The van der Waals surface area contributed by atoms with Crippen molar-refractivity contribution in [1.82, 2.24) is 10.4 Å². The molecule has 0 saturated heterocycles. The average Bonchev–Trinajstić information content (AvgIpc) is 2.50. The van der Waals surface area contributed by atoms with Gasteiger partial charge in [-0.2, -0.15) is 13.2 Å². The maximum Gasteiger partial charge on any atom is 0.490 e. The molecular weight excluding hydrogens is 351 g/mol. The molecule has 1 amide bonds. The number of carbonyl (C=O) groups excluding carboxylic acids is 2. The first kappa shape index (κ1) is 21.9. The van der Waals surface area contributed by atoms with E-state index < -0.39 is 18.1 Å². The van der Waals surface area contributed by atoms with Gasteiger partial charge in [0.15, 0.2) is 12.7 Å². The number of nitrogens with one attached hydrogen (secondary N) is 1. The van der Waals surface area contributed by atoms with Gasteiger partial charge in [-0.3, -0.25) is 14.4 Å². The average molecular weight is 366 g/mol. The van der Waals surface area contributed by atoms with E-state index >= 15 is 0 Å². The van der Waals surface area contributed by atoms with Gasteiger partial charge in [-0.05, 0) is 12.0 Å². The predicted molar refractivity (Wildman–Crippen MR) is 73.4 cm³/mol. The van der Waals surface area contributed by atoms with Crippen LogP contribution >= 0.6 is 0 Å². The van der Waals surface area contributed by atoms with Crippen LogP contribution < -0.4 is 10.00 Å². The number of aromatic nitrogens is 2. The second-order valence-corrected chi connectivity index (χ2v) is 4.51. The van der Waals surface area contributed by atoms with Crippen molar-refractivity contribution in [3.05, 3.63) is 24.0 Å². The number of nitrogens with zero attached hydrogens (tertiary/aromatic N) is 2. The number of aliphatic carboxylic acids is 2. The molecule has 12 heteroatoms. The first-order valence-electron chi connectivity index (χ1n) is 6.58. The molecule has 1 heterocycles. The van der Waals surface area contributed by atoms with Crippen molar-refractivity contribution >= 4 is 23.6 Å². The third-order valence-electron chi connectivity index (χ3n) is 2.33. The van der Waals surface area contributed by atoms with Crippen LogP contribution in [0.2, 0.25) is 0 Å². The van der Waals surface area contributed by atoms with Crippen molar-refractivity contribution in [2.75, 3.05) is 6.54 Å². The Morgan fingerprint density at radius 1 is 1.24 bits per heavy atom. The van der Waals surface area contributed by atoms with Crippen LogP contribution in [0.3, 0.4) is 0 Å². The number of hydrogen-bond acceptors (Lipinski definition) is 5. The summed E-state index contributed by atoms with van der Waals surface area (Å²) in [7, 11) is 0. The zero-order valence-electron chi connectivity index (χ0n) is 12.9. The van der Waals surface area contributed by atoms with E-state index in [4.69, 9.17) is 15.0 Å². The van der Waals surface area contributed by atoms with Crippen LogP contribution in [-0.4, -0.2) is 51.7 Å². The molecule has 25 heavy (non-hydrogen) atoms. The van der Waals surface area contributed by atoms with Crippen LogP contribution in [0.4, 0.5) is 13.2 Å². The number of carboxylic acids is 2. The van der Waals surface area contributed by atoms with Gasteiger partial charge in [-0.15, -0.1) is 0 Å². The fraction of sp³-hybridized carbons (Fsp3) is 0.385. The third kappa shape index (κ3) is 10.4. The lowest BCUT2D eigenvalue weighted by atomic mass is 10.3. The van der Waals surface area contributed by atoms with E-state index in [0.717, 1.165) is 0 Å². The number of halogens is 3. The molecule has 1 aromatic heterocycles. The SMILES string of the molecule is CC(=O)CNC(=O)c1cc[n+](CCC(=O)O)nc1.O=C(O)C(F)(F)F. The van der Waals surface area contributed by atoms with E-state index in [1.165, 1.54) is 30.1 Å². The fourth-order valence-electron chi connectivity index (χ4n) is 1.17. The van der Waals surface area contributed by atoms with Gasteiger partial charge in [0.2, 0.25) is 0 Å². The number of amides is 1. The minimum absolute atomic E-state index is 0.0211. The molecule has 0 aliphatic carbocycles. The summed E-state index contributed by atoms with van der Waals surface area (Å²) in [6, 6.07) is 1.52. The van der Waals surface area contributed by atoms with Crippen LogP contribution in [0.1, 0.15) is 23.7 Å². The number of carbonyl (C=O) groups is 4. The Labute approximate surface area is 139 Å². The van der Waals surface area contributed by atoms with Crippen molar-refractivity contribution in [2.24, 2.45) is 0 Å². The van der Waals surface area contributed by atoms with Crippen molar-refractivity contribution in [3.8, 4) is 0 Å². The number of rotatable bonds is 6. The molecule has 0 unspecified atom stereocenters. The first-order valence-corrected chi connectivity index (χ1v) is 6.58. The van der Waals surface area contributed by atoms with E-state index in [9.17, 15) is 27.6 Å². The Hall–Kier alpha value is -3.05. The van der Waals surface area contributed by atoms with Crippen LogP contribution in [0.5, 0.6) is 0 Å². The highest BCUT2D eigenvalue weighted by Crippen LogP contribution is 2.13. The summed E-state index contributed by atoms with van der Waals surface area (Å²) < 4.78 is 33.2. The molecular formula is C13H15F3N3O6+. The Morgan fingerprint density at radius 2 is 1.80 bits per heavy atom. The minimum Gasteiger partial charge on any atom is -0.481 e. The van der Waals surface area contributed by atoms with Crippen LogP contribution in [0.25, 0.3) is 0 Å². The smallest absolute Gasteiger partial charge is 0.481 e. The summed E-state index contributed by atoms with van der Waals surface area (Å²) in [6.07, 6.45) is -2.27. The Balaban J connectivity index is 0.000000697. The lowest BCUT2D eigenvalue weighted by Crippen LogP contribution is -2.39. The van der Waals surface area contributed by atoms with Crippen molar-refractivity contribution in [2.45, 2.75) is 26.1 Å². The van der Waals surface area contributed by atoms with Gasteiger partial charge < -0.3 is 15.5 Å². The molecule has 0 aromatic carbocycles. The van der Waals surface area contributed by atoms with Gasteiger partial charge in [-0.25, -0.2) is 4.79 Å². The molecule has 0 bridgehead atoms. The van der Waals surface area contributed by atoms with E-state index in [2.05, 4.69) is 10.4 Å². The molecule has 3 N–H and O–H groups in total. The number of Topliss-reactive ketones (excluding diaryl/α,β-unsaturated/α-hetero) is 1. The fourth-order valence-corrected chi connectivity index (χ4v) is 1.17. The number of hydrogen-bond donors (Lipinski definition) is 3. The molecule has 0 saturated carbocycles. The molecule has 1 rings (SSSR count). The molecule has 9 nitrogen and oxygen atoms in total. The third-order valence-corrected chi connectivity index (χ3v) is 2.33. The van der Waals surface area contributed by atoms with Crippen LogP contribution in [-0.2, 0) is 20.9 Å². The summed E-state index contributed by atoms with van der Waals surface area (Å²) >= 11 is 0. The van der Waals surface area contributed by atoms with Gasteiger partial charge >= 0.3 is 18.1 Å². The zero-order valence-corrected chi connectivity index (χ0v) is 12.9. The van der Waals surface area contributed by atoms with Gasteiger partial charge in [0, 0.05) is 6.07 Å². The highest BCUT2D eigenvalue weighted by atomic mass is 19.4. The highest BCUT2D eigenvalue weighted by Gasteiger charge is 2.38. The summed E-state index contributed by atoms with van der Waals surface area (Å²) in [5.74, 6) is -4.19. The Bertz CT molecular complexity index is 631. The number of alkyl halides is 3. The van der Waals surface area contributed by atoms with Crippen molar-refractivity contribution < 1.29 is 47.2 Å². The molecule has 0 atom stereocenters. The quantitative estimate of drug-likeness (QED) is 0.593. The summed E-state index contributed by atoms with van der Waals surface area (Å²) in [4.78, 5) is 41.5.